The van der Waals surface area contributed by atoms with Gasteiger partial charge in [0.15, 0.2) is 0 Å². The van der Waals surface area contributed by atoms with Crippen LogP contribution in [0.2, 0.25) is 0 Å². The fourth-order valence-corrected chi connectivity index (χ4v) is 2.98. The van der Waals surface area contributed by atoms with E-state index in [0.717, 1.165) is 18.1 Å². The summed E-state index contributed by atoms with van der Waals surface area (Å²) in [7, 11) is 2.20. The van der Waals surface area contributed by atoms with Crippen LogP contribution in [-0.4, -0.2) is 23.6 Å². The second-order valence-corrected chi connectivity index (χ2v) is 7.42. The number of anilines is 1. The fourth-order valence-electron chi connectivity index (χ4n) is 2.98. The molecular formula is C18H31N3. The molecule has 118 valence electrons. The van der Waals surface area contributed by atoms with Crippen LogP contribution in [0.25, 0.3) is 0 Å². The van der Waals surface area contributed by atoms with Gasteiger partial charge in [0.25, 0.3) is 0 Å². The summed E-state index contributed by atoms with van der Waals surface area (Å²) in [6, 6.07) is 5.08. The first-order chi connectivity index (χ1) is 9.87. The Bertz CT molecular complexity index is 456. The lowest BCUT2D eigenvalue weighted by Gasteiger charge is -2.32. The molecule has 1 aliphatic carbocycles. The second kappa shape index (κ2) is 6.78. The van der Waals surface area contributed by atoms with Crippen LogP contribution < -0.4 is 10.2 Å². The minimum atomic E-state index is 0.143. The van der Waals surface area contributed by atoms with Crippen molar-refractivity contribution in [3.05, 3.63) is 23.4 Å². The van der Waals surface area contributed by atoms with E-state index in [1.807, 2.05) is 0 Å². The molecule has 0 aromatic carbocycles. The van der Waals surface area contributed by atoms with E-state index in [9.17, 15) is 0 Å². The number of nitrogens with one attached hydrogen (secondary N) is 1. The van der Waals surface area contributed by atoms with Gasteiger partial charge in [0.05, 0.1) is 0 Å². The molecule has 1 saturated carbocycles. The summed E-state index contributed by atoms with van der Waals surface area (Å²) < 4.78 is 0. The lowest BCUT2D eigenvalue weighted by atomic mass is 9.94. The Hall–Kier alpha value is -1.09. The molecule has 1 fully saturated rings. The molecule has 1 aliphatic rings. The number of aromatic nitrogens is 1. The van der Waals surface area contributed by atoms with Crippen molar-refractivity contribution < 1.29 is 0 Å². The molecule has 0 aliphatic heterocycles. The summed E-state index contributed by atoms with van der Waals surface area (Å²) in [5.74, 6) is 1.12. The third kappa shape index (κ3) is 4.70. The zero-order chi connectivity index (χ0) is 15.5. The Labute approximate surface area is 130 Å². The van der Waals surface area contributed by atoms with Crippen LogP contribution in [0.1, 0.15) is 64.1 Å². The average Bonchev–Trinajstić information content (AvgIpc) is 2.45. The maximum absolute atomic E-state index is 4.83. The van der Waals surface area contributed by atoms with Crippen LogP contribution in [0.5, 0.6) is 0 Å². The molecule has 2 rings (SSSR count). The van der Waals surface area contributed by atoms with Gasteiger partial charge in [-0.25, -0.2) is 4.98 Å². The molecular weight excluding hydrogens is 258 g/mol. The van der Waals surface area contributed by atoms with Gasteiger partial charge in [0, 0.05) is 30.9 Å². The van der Waals surface area contributed by atoms with E-state index in [1.165, 1.54) is 37.7 Å². The summed E-state index contributed by atoms with van der Waals surface area (Å²) in [4.78, 5) is 7.22. The highest BCUT2D eigenvalue weighted by atomic mass is 15.2. The van der Waals surface area contributed by atoms with Crippen LogP contribution in [-0.2, 0) is 6.54 Å². The highest BCUT2D eigenvalue weighted by Crippen LogP contribution is 2.25. The van der Waals surface area contributed by atoms with Gasteiger partial charge in [-0.2, -0.15) is 0 Å². The number of rotatable bonds is 4. The Balaban J connectivity index is 2.03. The lowest BCUT2D eigenvalue weighted by Crippen LogP contribution is -2.35. The van der Waals surface area contributed by atoms with Crippen LogP contribution in [0.4, 0.5) is 5.82 Å². The quantitative estimate of drug-likeness (QED) is 0.906. The minimum absolute atomic E-state index is 0.143. The Morgan fingerprint density at radius 3 is 2.43 bits per heavy atom. The van der Waals surface area contributed by atoms with Crippen molar-refractivity contribution in [2.24, 2.45) is 0 Å². The molecule has 0 atom stereocenters. The highest BCUT2D eigenvalue weighted by molar-refractivity contribution is 5.42. The summed E-state index contributed by atoms with van der Waals surface area (Å²) >= 11 is 0. The van der Waals surface area contributed by atoms with Crippen molar-refractivity contribution in [1.82, 2.24) is 10.3 Å². The van der Waals surface area contributed by atoms with E-state index < -0.39 is 0 Å². The monoisotopic (exact) mass is 289 g/mol. The first-order valence-electron chi connectivity index (χ1n) is 8.31. The predicted molar refractivity (Wildman–Crippen MR) is 90.8 cm³/mol. The first kappa shape index (κ1) is 16.3. The standard InChI is InChI=1S/C18H31N3/c1-14-15(13-19-18(2,3)4)11-12-17(20-14)21(5)16-9-7-6-8-10-16/h11-12,16,19H,6-10,13H2,1-5H3. The van der Waals surface area contributed by atoms with Crippen molar-refractivity contribution in [3.8, 4) is 0 Å². The molecule has 0 saturated heterocycles. The molecule has 3 nitrogen and oxygen atoms in total. The molecule has 21 heavy (non-hydrogen) atoms. The Kier molecular flexibility index (Phi) is 5.26. The van der Waals surface area contributed by atoms with Crippen molar-refractivity contribution in [2.75, 3.05) is 11.9 Å². The molecule has 0 amide bonds. The molecule has 1 heterocycles. The van der Waals surface area contributed by atoms with Crippen LogP contribution in [0.3, 0.4) is 0 Å². The molecule has 0 bridgehead atoms. The third-order valence-electron chi connectivity index (χ3n) is 4.47. The number of hydrogen-bond acceptors (Lipinski definition) is 3. The maximum atomic E-state index is 4.83. The molecule has 3 heteroatoms. The van der Waals surface area contributed by atoms with E-state index in [2.05, 4.69) is 57.1 Å². The largest absolute Gasteiger partial charge is 0.357 e. The van der Waals surface area contributed by atoms with Gasteiger partial charge in [-0.05, 0) is 52.2 Å². The minimum Gasteiger partial charge on any atom is -0.357 e. The zero-order valence-electron chi connectivity index (χ0n) is 14.4. The van der Waals surface area contributed by atoms with E-state index in [-0.39, 0.29) is 5.54 Å². The van der Waals surface area contributed by atoms with Crippen LogP contribution in [0, 0.1) is 6.92 Å². The van der Waals surface area contributed by atoms with Gasteiger partial charge < -0.3 is 10.2 Å². The smallest absolute Gasteiger partial charge is 0.128 e. The number of pyridine rings is 1. The summed E-state index contributed by atoms with van der Waals surface area (Å²) in [6.07, 6.45) is 6.74. The summed E-state index contributed by atoms with van der Waals surface area (Å²) in [5.41, 5.74) is 2.59. The Morgan fingerprint density at radius 2 is 1.86 bits per heavy atom. The topological polar surface area (TPSA) is 28.2 Å². The van der Waals surface area contributed by atoms with Crippen molar-refractivity contribution in [3.63, 3.8) is 0 Å². The van der Waals surface area contributed by atoms with E-state index >= 15 is 0 Å². The number of hydrogen-bond donors (Lipinski definition) is 1. The number of nitrogens with zero attached hydrogens (tertiary/aromatic N) is 2. The predicted octanol–water partition coefficient (Wildman–Crippen LogP) is 4.05. The van der Waals surface area contributed by atoms with Crippen LogP contribution >= 0.6 is 0 Å². The number of aryl methyl sites for hydroxylation is 1. The second-order valence-electron chi connectivity index (χ2n) is 7.42. The van der Waals surface area contributed by atoms with Gasteiger partial charge in [-0.3, -0.25) is 0 Å². The zero-order valence-corrected chi connectivity index (χ0v) is 14.4. The normalized spacial score (nSPS) is 17.0. The van der Waals surface area contributed by atoms with E-state index in [0.29, 0.717) is 6.04 Å². The molecule has 1 aromatic rings. The molecule has 0 radical (unpaired) electrons. The highest BCUT2D eigenvalue weighted by Gasteiger charge is 2.19. The van der Waals surface area contributed by atoms with Gasteiger partial charge in [-0.15, -0.1) is 0 Å². The summed E-state index contributed by atoms with van der Waals surface area (Å²) in [5, 5.41) is 3.54. The van der Waals surface area contributed by atoms with Crippen LogP contribution in [0.15, 0.2) is 12.1 Å². The van der Waals surface area contributed by atoms with E-state index in [1.54, 1.807) is 0 Å². The SMILES string of the molecule is Cc1nc(N(C)C2CCCCC2)ccc1CNC(C)(C)C. The third-order valence-corrected chi connectivity index (χ3v) is 4.47. The van der Waals surface area contributed by atoms with Gasteiger partial charge in [0.2, 0.25) is 0 Å². The molecule has 1 aromatic heterocycles. The first-order valence-corrected chi connectivity index (χ1v) is 8.31. The lowest BCUT2D eigenvalue weighted by molar-refractivity contribution is 0.422. The Morgan fingerprint density at radius 1 is 1.19 bits per heavy atom. The molecule has 1 N–H and O–H groups in total. The fraction of sp³-hybridized carbons (Fsp3) is 0.722. The van der Waals surface area contributed by atoms with Crippen molar-refractivity contribution >= 4 is 5.82 Å². The molecule has 0 unspecified atom stereocenters. The van der Waals surface area contributed by atoms with Gasteiger partial charge >= 0.3 is 0 Å². The van der Waals surface area contributed by atoms with Gasteiger partial charge in [0.1, 0.15) is 5.82 Å². The summed E-state index contributed by atoms with van der Waals surface area (Å²) in [6.45, 7) is 9.59. The maximum Gasteiger partial charge on any atom is 0.128 e. The molecule has 0 spiro atoms. The van der Waals surface area contributed by atoms with E-state index in [4.69, 9.17) is 4.98 Å². The van der Waals surface area contributed by atoms with Crippen molar-refractivity contribution in [1.29, 1.82) is 0 Å². The average molecular weight is 289 g/mol. The van der Waals surface area contributed by atoms with Crippen molar-refractivity contribution in [2.45, 2.75) is 77.9 Å². The van der Waals surface area contributed by atoms with Gasteiger partial charge in [-0.1, -0.05) is 25.3 Å².